The van der Waals surface area contributed by atoms with E-state index in [-0.39, 0.29) is 11.6 Å². The summed E-state index contributed by atoms with van der Waals surface area (Å²) in [6.45, 7) is 3.45. The summed E-state index contributed by atoms with van der Waals surface area (Å²) in [4.78, 5) is 24.0. The van der Waals surface area contributed by atoms with Crippen molar-refractivity contribution in [3.63, 3.8) is 0 Å². The van der Waals surface area contributed by atoms with E-state index in [1.54, 1.807) is 13.1 Å². The summed E-state index contributed by atoms with van der Waals surface area (Å²) in [7, 11) is 1.65. The number of hydrogen-bond acceptors (Lipinski definition) is 4. The van der Waals surface area contributed by atoms with Gasteiger partial charge in [-0.15, -0.1) is 0 Å². The molecule has 1 fully saturated rings. The van der Waals surface area contributed by atoms with Gasteiger partial charge in [-0.3, -0.25) is 14.9 Å². The molecule has 22 heavy (non-hydrogen) atoms. The Bertz CT molecular complexity index is 560. The van der Waals surface area contributed by atoms with Crippen LogP contribution in [-0.2, 0) is 4.79 Å². The maximum atomic E-state index is 11.4. The summed E-state index contributed by atoms with van der Waals surface area (Å²) in [6, 6.07) is 2.96. The first-order valence-corrected chi connectivity index (χ1v) is 7.70. The van der Waals surface area contributed by atoms with Crippen LogP contribution >= 0.6 is 11.6 Å². The number of carbonyl (C=O) groups excluding carboxylic acids is 1. The minimum absolute atomic E-state index is 0.0146. The number of aryl methyl sites for hydroxylation is 1. The Balaban J connectivity index is 2.08. The average Bonchev–Trinajstić information content (AvgIpc) is 2.48. The van der Waals surface area contributed by atoms with Gasteiger partial charge in [0.1, 0.15) is 0 Å². The van der Waals surface area contributed by atoms with Gasteiger partial charge in [0.2, 0.25) is 5.91 Å². The Morgan fingerprint density at radius 2 is 2.09 bits per heavy atom. The molecule has 1 amide bonds. The van der Waals surface area contributed by atoms with E-state index in [4.69, 9.17) is 11.6 Å². The van der Waals surface area contributed by atoms with Crippen LogP contribution in [0.5, 0.6) is 0 Å². The molecular weight excluding hydrogens is 306 g/mol. The topological polar surface area (TPSA) is 75.5 Å². The van der Waals surface area contributed by atoms with E-state index in [1.807, 2.05) is 6.92 Å². The molecule has 1 saturated heterocycles. The number of piperidine rings is 1. The monoisotopic (exact) mass is 325 g/mol. The lowest BCUT2D eigenvalue weighted by Gasteiger charge is -2.34. The van der Waals surface area contributed by atoms with Crippen LogP contribution in [0.3, 0.4) is 0 Å². The zero-order valence-corrected chi connectivity index (χ0v) is 13.5. The predicted molar refractivity (Wildman–Crippen MR) is 86.5 cm³/mol. The highest BCUT2D eigenvalue weighted by molar-refractivity contribution is 6.33. The van der Waals surface area contributed by atoms with Gasteiger partial charge in [-0.25, -0.2) is 0 Å². The number of carbonyl (C=O) groups is 1. The summed E-state index contributed by atoms with van der Waals surface area (Å²) in [5, 5.41) is 13.9. The first kappa shape index (κ1) is 16.5. The first-order valence-electron chi connectivity index (χ1n) is 7.32. The number of anilines is 1. The molecule has 1 N–H and O–H groups in total. The van der Waals surface area contributed by atoms with Gasteiger partial charge >= 0.3 is 0 Å². The van der Waals surface area contributed by atoms with Gasteiger partial charge in [-0.05, 0) is 31.2 Å². The summed E-state index contributed by atoms with van der Waals surface area (Å²) in [5.74, 6) is 0.455. The number of benzene rings is 1. The van der Waals surface area contributed by atoms with Crippen LogP contribution in [-0.4, -0.2) is 31.0 Å². The van der Waals surface area contributed by atoms with Crippen LogP contribution in [0.4, 0.5) is 11.4 Å². The third-order valence-corrected chi connectivity index (χ3v) is 4.42. The highest BCUT2D eigenvalue weighted by atomic mass is 35.5. The number of amides is 1. The molecule has 120 valence electrons. The van der Waals surface area contributed by atoms with E-state index >= 15 is 0 Å². The lowest BCUT2D eigenvalue weighted by Crippen LogP contribution is -2.36. The molecule has 1 aromatic carbocycles. The Hall–Kier alpha value is -1.82. The Kier molecular flexibility index (Phi) is 5.24. The van der Waals surface area contributed by atoms with Crippen LogP contribution < -0.4 is 10.2 Å². The summed E-state index contributed by atoms with van der Waals surface area (Å²) in [5.41, 5.74) is 1.69. The average molecular weight is 326 g/mol. The van der Waals surface area contributed by atoms with E-state index in [0.717, 1.165) is 37.2 Å². The van der Waals surface area contributed by atoms with Crippen molar-refractivity contribution in [3.05, 3.63) is 32.8 Å². The van der Waals surface area contributed by atoms with Crippen LogP contribution in [0, 0.1) is 23.0 Å². The molecule has 0 bridgehead atoms. The van der Waals surface area contributed by atoms with Crippen molar-refractivity contribution in [1.29, 1.82) is 0 Å². The third-order valence-electron chi connectivity index (χ3n) is 4.13. The minimum Gasteiger partial charge on any atom is -0.370 e. The van der Waals surface area contributed by atoms with Crippen molar-refractivity contribution in [2.24, 2.45) is 5.92 Å². The molecular formula is C15H20ClN3O3. The van der Waals surface area contributed by atoms with Gasteiger partial charge in [-0.1, -0.05) is 11.6 Å². The molecule has 1 aliphatic heterocycles. The van der Waals surface area contributed by atoms with Gasteiger partial charge in [0.05, 0.1) is 15.6 Å². The maximum absolute atomic E-state index is 11.4. The van der Waals surface area contributed by atoms with Crippen molar-refractivity contribution < 1.29 is 9.72 Å². The third kappa shape index (κ3) is 3.68. The second-order valence-electron chi connectivity index (χ2n) is 5.66. The largest absolute Gasteiger partial charge is 0.370 e. The van der Waals surface area contributed by atoms with E-state index in [0.29, 0.717) is 17.4 Å². The molecule has 0 unspecified atom stereocenters. The fourth-order valence-corrected chi connectivity index (χ4v) is 3.33. The SMILES string of the molecule is CNC(=O)CC1CCN(c2c(C)cc([N+](=O)[O-])cc2Cl)CC1. The fraction of sp³-hybridized carbons (Fsp3) is 0.533. The van der Waals surface area contributed by atoms with Crippen LogP contribution in [0.25, 0.3) is 0 Å². The molecule has 7 heteroatoms. The lowest BCUT2D eigenvalue weighted by atomic mass is 9.92. The Morgan fingerprint density at radius 1 is 1.45 bits per heavy atom. The number of nitro benzene ring substituents is 1. The van der Waals surface area contributed by atoms with Crippen molar-refractivity contribution in [2.45, 2.75) is 26.2 Å². The lowest BCUT2D eigenvalue weighted by molar-refractivity contribution is -0.384. The molecule has 0 aliphatic carbocycles. The second-order valence-corrected chi connectivity index (χ2v) is 6.07. The quantitative estimate of drug-likeness (QED) is 0.682. The van der Waals surface area contributed by atoms with Crippen molar-refractivity contribution >= 4 is 28.9 Å². The highest BCUT2D eigenvalue weighted by Gasteiger charge is 2.24. The number of nitrogens with one attached hydrogen (secondary N) is 1. The number of halogens is 1. The molecule has 1 aliphatic rings. The fourth-order valence-electron chi connectivity index (χ4n) is 2.95. The van der Waals surface area contributed by atoms with Crippen LogP contribution in [0.1, 0.15) is 24.8 Å². The summed E-state index contributed by atoms with van der Waals surface area (Å²) >= 11 is 6.25. The maximum Gasteiger partial charge on any atom is 0.271 e. The van der Waals surface area contributed by atoms with Gasteiger partial charge in [0, 0.05) is 38.7 Å². The molecule has 0 saturated carbocycles. The summed E-state index contributed by atoms with van der Waals surface area (Å²) < 4.78 is 0. The molecule has 1 aromatic rings. The van der Waals surface area contributed by atoms with Gasteiger partial charge < -0.3 is 10.2 Å². The molecule has 0 radical (unpaired) electrons. The Morgan fingerprint density at radius 3 is 2.59 bits per heavy atom. The molecule has 1 heterocycles. The smallest absolute Gasteiger partial charge is 0.271 e. The second kappa shape index (κ2) is 6.96. The van der Waals surface area contributed by atoms with E-state index < -0.39 is 4.92 Å². The molecule has 2 rings (SSSR count). The minimum atomic E-state index is -0.432. The Labute approximate surface area is 134 Å². The van der Waals surface area contributed by atoms with E-state index in [2.05, 4.69) is 10.2 Å². The molecule has 0 aromatic heterocycles. The van der Waals surface area contributed by atoms with E-state index in [9.17, 15) is 14.9 Å². The number of hydrogen-bond donors (Lipinski definition) is 1. The number of nitro groups is 1. The van der Waals surface area contributed by atoms with E-state index in [1.165, 1.54) is 6.07 Å². The van der Waals surface area contributed by atoms with Crippen molar-refractivity contribution in [3.8, 4) is 0 Å². The molecule has 0 atom stereocenters. The summed E-state index contributed by atoms with van der Waals surface area (Å²) in [6.07, 6.45) is 2.39. The number of non-ortho nitro benzene ring substituents is 1. The van der Waals surface area contributed by atoms with Crippen molar-refractivity contribution in [2.75, 3.05) is 25.0 Å². The van der Waals surface area contributed by atoms with Gasteiger partial charge in [-0.2, -0.15) is 0 Å². The zero-order valence-electron chi connectivity index (χ0n) is 12.8. The van der Waals surface area contributed by atoms with Crippen LogP contribution in [0.15, 0.2) is 12.1 Å². The highest BCUT2D eigenvalue weighted by Crippen LogP contribution is 2.36. The molecule has 0 spiro atoms. The standard InChI is InChI=1S/C15H20ClN3O3/c1-10-7-12(19(21)22)9-13(16)15(10)18-5-3-11(4-6-18)8-14(20)17-2/h7,9,11H,3-6,8H2,1-2H3,(H,17,20). The van der Waals surface area contributed by atoms with Crippen molar-refractivity contribution in [1.82, 2.24) is 5.32 Å². The molecule has 6 nitrogen and oxygen atoms in total. The first-order chi connectivity index (χ1) is 10.4. The number of rotatable bonds is 4. The van der Waals surface area contributed by atoms with Crippen LogP contribution in [0.2, 0.25) is 5.02 Å². The van der Waals surface area contributed by atoms with Gasteiger partial charge in [0.15, 0.2) is 0 Å². The van der Waals surface area contributed by atoms with Gasteiger partial charge in [0.25, 0.3) is 5.69 Å². The predicted octanol–water partition coefficient (Wildman–Crippen LogP) is 2.91. The number of nitrogens with zero attached hydrogens (tertiary/aromatic N) is 2. The normalized spacial score (nSPS) is 15.7. The zero-order chi connectivity index (χ0) is 16.3.